The van der Waals surface area contributed by atoms with Crippen LogP contribution in [0.4, 0.5) is 4.79 Å². The van der Waals surface area contributed by atoms with Gasteiger partial charge in [0.2, 0.25) is 0 Å². The van der Waals surface area contributed by atoms with Crippen molar-refractivity contribution in [1.82, 2.24) is 5.32 Å². The SMILES string of the molecule is CCO[C@H]1C[C@@H](C=O)C[C@H]1NC(=O)OC(C)(C)C. The Balaban J connectivity index is 2.53. The maximum atomic E-state index is 11.7. The van der Waals surface area contributed by atoms with Crippen LogP contribution in [0.25, 0.3) is 0 Å². The van der Waals surface area contributed by atoms with Crippen molar-refractivity contribution in [2.45, 2.75) is 58.3 Å². The molecule has 1 rings (SSSR count). The van der Waals surface area contributed by atoms with Gasteiger partial charge in [0.25, 0.3) is 0 Å². The second kappa shape index (κ2) is 6.18. The number of ether oxygens (including phenoxy) is 2. The molecule has 0 aromatic rings. The van der Waals surface area contributed by atoms with Gasteiger partial charge in [-0.15, -0.1) is 0 Å². The second-order valence-corrected chi connectivity index (χ2v) is 5.61. The normalized spacial score (nSPS) is 27.9. The van der Waals surface area contributed by atoms with Crippen LogP contribution in [0.15, 0.2) is 0 Å². The van der Waals surface area contributed by atoms with E-state index < -0.39 is 11.7 Å². The minimum atomic E-state index is -0.520. The van der Waals surface area contributed by atoms with Gasteiger partial charge in [0.05, 0.1) is 12.1 Å². The Kier molecular flexibility index (Phi) is 5.14. The Bertz CT molecular complexity index is 298. The third-order valence-electron chi connectivity index (χ3n) is 2.82. The summed E-state index contributed by atoms with van der Waals surface area (Å²) in [4.78, 5) is 22.5. The van der Waals surface area contributed by atoms with Gasteiger partial charge in [-0.05, 0) is 40.5 Å². The summed E-state index contributed by atoms with van der Waals surface area (Å²) >= 11 is 0. The predicted octanol–water partition coefficient (Wildman–Crippen LogP) is 1.89. The van der Waals surface area contributed by atoms with E-state index in [1.807, 2.05) is 27.7 Å². The van der Waals surface area contributed by atoms with Crippen LogP contribution in [0.2, 0.25) is 0 Å². The van der Waals surface area contributed by atoms with Crippen molar-refractivity contribution in [3.05, 3.63) is 0 Å². The molecule has 0 saturated heterocycles. The molecule has 104 valence electrons. The standard InChI is InChI=1S/C13H23NO4/c1-5-17-11-7-9(8-15)6-10(11)14-12(16)18-13(2,3)4/h8-11H,5-7H2,1-4H3,(H,14,16)/t9-,10+,11-/m0/s1. The van der Waals surface area contributed by atoms with Crippen molar-refractivity contribution in [2.75, 3.05) is 6.61 Å². The fourth-order valence-electron chi connectivity index (χ4n) is 2.16. The molecular formula is C13H23NO4. The van der Waals surface area contributed by atoms with Crippen LogP contribution in [-0.2, 0) is 14.3 Å². The Labute approximate surface area is 108 Å². The van der Waals surface area contributed by atoms with Crippen molar-refractivity contribution in [1.29, 1.82) is 0 Å². The summed E-state index contributed by atoms with van der Waals surface area (Å²) in [6.07, 6.45) is 1.66. The predicted molar refractivity (Wildman–Crippen MR) is 67.4 cm³/mol. The molecule has 0 radical (unpaired) electrons. The first kappa shape index (κ1) is 15.0. The highest BCUT2D eigenvalue weighted by molar-refractivity contribution is 5.68. The van der Waals surface area contributed by atoms with Gasteiger partial charge in [-0.25, -0.2) is 4.79 Å². The van der Waals surface area contributed by atoms with E-state index in [2.05, 4.69) is 5.32 Å². The summed E-state index contributed by atoms with van der Waals surface area (Å²) < 4.78 is 10.8. The highest BCUT2D eigenvalue weighted by Crippen LogP contribution is 2.27. The molecule has 5 nitrogen and oxygen atoms in total. The quantitative estimate of drug-likeness (QED) is 0.781. The highest BCUT2D eigenvalue weighted by atomic mass is 16.6. The molecule has 1 aliphatic rings. The van der Waals surface area contributed by atoms with Crippen LogP contribution in [0.5, 0.6) is 0 Å². The molecule has 1 fully saturated rings. The number of rotatable bonds is 4. The van der Waals surface area contributed by atoms with Crippen LogP contribution in [0, 0.1) is 5.92 Å². The third-order valence-corrected chi connectivity index (χ3v) is 2.82. The number of nitrogens with one attached hydrogen (secondary N) is 1. The van der Waals surface area contributed by atoms with E-state index in [0.29, 0.717) is 19.4 Å². The first-order valence-corrected chi connectivity index (χ1v) is 6.42. The average molecular weight is 257 g/mol. The molecule has 0 aliphatic heterocycles. The lowest BCUT2D eigenvalue weighted by Gasteiger charge is -2.24. The number of aldehydes is 1. The van der Waals surface area contributed by atoms with E-state index >= 15 is 0 Å². The molecule has 3 atom stereocenters. The molecule has 1 amide bonds. The second-order valence-electron chi connectivity index (χ2n) is 5.61. The van der Waals surface area contributed by atoms with Gasteiger partial charge in [-0.1, -0.05) is 0 Å². The van der Waals surface area contributed by atoms with Gasteiger partial charge in [-0.2, -0.15) is 0 Å². The number of carbonyl (C=O) groups excluding carboxylic acids is 2. The zero-order valence-electron chi connectivity index (χ0n) is 11.6. The summed E-state index contributed by atoms with van der Waals surface area (Å²) in [6.45, 7) is 7.92. The van der Waals surface area contributed by atoms with Crippen LogP contribution < -0.4 is 5.32 Å². The zero-order chi connectivity index (χ0) is 13.8. The van der Waals surface area contributed by atoms with Gasteiger partial charge in [0.15, 0.2) is 0 Å². The molecule has 18 heavy (non-hydrogen) atoms. The third kappa shape index (κ3) is 4.64. The molecule has 1 N–H and O–H groups in total. The van der Waals surface area contributed by atoms with Crippen molar-refractivity contribution >= 4 is 12.4 Å². The van der Waals surface area contributed by atoms with Crippen molar-refractivity contribution in [3.8, 4) is 0 Å². The molecule has 0 unspecified atom stereocenters. The topological polar surface area (TPSA) is 64.6 Å². The first-order chi connectivity index (χ1) is 8.35. The maximum absolute atomic E-state index is 11.7. The van der Waals surface area contributed by atoms with E-state index in [-0.39, 0.29) is 18.1 Å². The molecular weight excluding hydrogens is 234 g/mol. The zero-order valence-corrected chi connectivity index (χ0v) is 11.6. The number of alkyl carbamates (subject to hydrolysis) is 1. The number of hydrogen-bond donors (Lipinski definition) is 1. The van der Waals surface area contributed by atoms with Gasteiger partial charge in [0, 0.05) is 12.5 Å². The van der Waals surface area contributed by atoms with Crippen molar-refractivity contribution < 1.29 is 19.1 Å². The minimum absolute atomic E-state index is 0.0403. The molecule has 0 aromatic carbocycles. The molecule has 0 spiro atoms. The Morgan fingerprint density at radius 1 is 1.39 bits per heavy atom. The van der Waals surface area contributed by atoms with E-state index in [1.165, 1.54) is 0 Å². The Hall–Kier alpha value is -1.10. The number of hydrogen-bond acceptors (Lipinski definition) is 4. The fraction of sp³-hybridized carbons (Fsp3) is 0.846. The van der Waals surface area contributed by atoms with E-state index in [9.17, 15) is 9.59 Å². The summed E-state index contributed by atoms with van der Waals surface area (Å²) in [7, 11) is 0. The van der Waals surface area contributed by atoms with Gasteiger partial charge in [-0.3, -0.25) is 0 Å². The Morgan fingerprint density at radius 2 is 2.06 bits per heavy atom. The first-order valence-electron chi connectivity index (χ1n) is 6.42. The van der Waals surface area contributed by atoms with Gasteiger partial charge >= 0.3 is 6.09 Å². The van der Waals surface area contributed by atoms with E-state index in [0.717, 1.165) is 6.29 Å². The van der Waals surface area contributed by atoms with Crippen LogP contribution in [0.3, 0.4) is 0 Å². The molecule has 0 heterocycles. The summed E-state index contributed by atoms with van der Waals surface area (Å²) in [5.41, 5.74) is -0.520. The average Bonchev–Trinajstić information content (AvgIpc) is 2.58. The van der Waals surface area contributed by atoms with E-state index in [1.54, 1.807) is 0 Å². The number of carbonyl (C=O) groups is 2. The Morgan fingerprint density at radius 3 is 2.56 bits per heavy atom. The van der Waals surface area contributed by atoms with Gasteiger partial charge < -0.3 is 19.6 Å². The number of amides is 1. The van der Waals surface area contributed by atoms with Crippen LogP contribution in [-0.4, -0.2) is 36.7 Å². The van der Waals surface area contributed by atoms with E-state index in [4.69, 9.17) is 9.47 Å². The lowest BCUT2D eigenvalue weighted by molar-refractivity contribution is -0.111. The maximum Gasteiger partial charge on any atom is 0.407 e. The summed E-state index contributed by atoms with van der Waals surface area (Å²) in [5.74, 6) is -0.0403. The van der Waals surface area contributed by atoms with Crippen LogP contribution in [0.1, 0.15) is 40.5 Å². The molecule has 0 aromatic heterocycles. The van der Waals surface area contributed by atoms with Crippen molar-refractivity contribution in [3.63, 3.8) is 0 Å². The lowest BCUT2D eigenvalue weighted by atomic mass is 10.1. The minimum Gasteiger partial charge on any atom is -0.444 e. The van der Waals surface area contributed by atoms with Gasteiger partial charge in [0.1, 0.15) is 11.9 Å². The molecule has 1 saturated carbocycles. The van der Waals surface area contributed by atoms with Crippen molar-refractivity contribution in [2.24, 2.45) is 5.92 Å². The molecule has 5 heteroatoms. The highest BCUT2D eigenvalue weighted by Gasteiger charge is 2.36. The van der Waals surface area contributed by atoms with Crippen LogP contribution >= 0.6 is 0 Å². The molecule has 0 bridgehead atoms. The molecule has 1 aliphatic carbocycles. The smallest absolute Gasteiger partial charge is 0.407 e. The monoisotopic (exact) mass is 257 g/mol. The summed E-state index contributed by atoms with van der Waals surface area (Å²) in [5, 5.41) is 2.79. The summed E-state index contributed by atoms with van der Waals surface area (Å²) in [6, 6.07) is -0.144. The fourth-order valence-corrected chi connectivity index (χ4v) is 2.16. The lowest BCUT2D eigenvalue weighted by Crippen LogP contribution is -2.43. The largest absolute Gasteiger partial charge is 0.444 e.